The van der Waals surface area contributed by atoms with E-state index in [2.05, 4.69) is 6.92 Å². The van der Waals surface area contributed by atoms with E-state index < -0.39 is 5.91 Å². The summed E-state index contributed by atoms with van der Waals surface area (Å²) in [6, 6.07) is 3.83. The van der Waals surface area contributed by atoms with Crippen LogP contribution in [0, 0.1) is 0 Å². The number of ether oxygens (including phenoxy) is 2. The normalized spacial score (nSPS) is 11.0. The van der Waals surface area contributed by atoms with Crippen LogP contribution in [0.4, 0.5) is 0 Å². The minimum atomic E-state index is -0.472. The highest BCUT2D eigenvalue weighted by molar-refractivity contribution is 5.90. The van der Waals surface area contributed by atoms with Crippen LogP contribution in [0.15, 0.2) is 18.2 Å². The van der Waals surface area contributed by atoms with Crippen LogP contribution in [0.5, 0.6) is 11.5 Å². The molecule has 2 N–H and O–H groups in total. The van der Waals surface area contributed by atoms with E-state index in [4.69, 9.17) is 15.2 Å². The summed E-state index contributed by atoms with van der Waals surface area (Å²) in [6.45, 7) is 2.24. The second-order valence-corrected chi connectivity index (χ2v) is 6.01. The van der Waals surface area contributed by atoms with E-state index in [1.807, 2.05) is 12.1 Å². The number of hydrogen-bond acceptors (Lipinski definition) is 3. The Morgan fingerprint density at radius 2 is 1.54 bits per heavy atom. The Kier molecular flexibility index (Phi) is 9.66. The molecule has 1 amide bonds. The van der Waals surface area contributed by atoms with Crippen LogP contribution in [-0.4, -0.2) is 20.1 Å². The quantitative estimate of drug-likeness (QED) is 0.452. The molecule has 0 bridgehead atoms. The zero-order valence-corrected chi connectivity index (χ0v) is 15.3. The van der Waals surface area contributed by atoms with Crippen molar-refractivity contribution >= 4 is 12.0 Å². The van der Waals surface area contributed by atoms with Gasteiger partial charge in [0.05, 0.1) is 14.2 Å². The lowest BCUT2D eigenvalue weighted by molar-refractivity contribution is -0.113. The maximum Gasteiger partial charge on any atom is 0.241 e. The van der Waals surface area contributed by atoms with Gasteiger partial charge in [-0.25, -0.2) is 0 Å². The van der Waals surface area contributed by atoms with Crippen LogP contribution >= 0.6 is 0 Å². The summed E-state index contributed by atoms with van der Waals surface area (Å²) in [5, 5.41) is 0. The molecule has 4 nitrogen and oxygen atoms in total. The topological polar surface area (TPSA) is 61.5 Å². The minimum absolute atomic E-state index is 0.472. The number of primary amides is 1. The molecule has 0 aliphatic carbocycles. The molecule has 0 aliphatic heterocycles. The Bertz CT molecular complexity index is 513. The fourth-order valence-corrected chi connectivity index (χ4v) is 2.78. The molecule has 0 radical (unpaired) electrons. The number of amides is 1. The van der Waals surface area contributed by atoms with Crippen LogP contribution in [0.25, 0.3) is 6.08 Å². The van der Waals surface area contributed by atoms with Crippen molar-refractivity contribution < 1.29 is 14.3 Å². The van der Waals surface area contributed by atoms with E-state index in [1.165, 1.54) is 44.6 Å². The molecule has 1 rings (SSSR count). The molecule has 4 heteroatoms. The van der Waals surface area contributed by atoms with Gasteiger partial charge in [-0.05, 0) is 36.6 Å². The smallest absolute Gasteiger partial charge is 0.241 e. The fourth-order valence-electron chi connectivity index (χ4n) is 2.78. The molecule has 0 aromatic heterocycles. The third-order valence-corrected chi connectivity index (χ3v) is 4.10. The first-order valence-corrected chi connectivity index (χ1v) is 8.84. The van der Waals surface area contributed by atoms with Gasteiger partial charge in [-0.1, -0.05) is 45.4 Å². The summed E-state index contributed by atoms with van der Waals surface area (Å²) in [5.74, 6) is 1.12. The number of unbranched alkanes of at least 4 members (excludes halogenated alkanes) is 6. The predicted octanol–water partition coefficient (Wildman–Crippen LogP) is 4.50. The van der Waals surface area contributed by atoms with Crippen molar-refractivity contribution in [2.75, 3.05) is 14.2 Å². The first kappa shape index (κ1) is 20.1. The highest BCUT2D eigenvalue weighted by Crippen LogP contribution is 2.32. The summed E-state index contributed by atoms with van der Waals surface area (Å²) < 4.78 is 11.0. The minimum Gasteiger partial charge on any atom is -0.496 e. The van der Waals surface area contributed by atoms with E-state index in [9.17, 15) is 4.79 Å². The number of rotatable bonds is 12. The maximum absolute atomic E-state index is 10.9. The first-order chi connectivity index (χ1) is 11.6. The molecule has 24 heavy (non-hydrogen) atoms. The standard InChI is InChI=1S/C20H31NO3/c1-4-5-6-7-8-9-10-11-17-18(23-2)14-16(12-13-20(21)22)15-19(17)24-3/h12-15H,4-11H2,1-3H3,(H2,21,22). The Morgan fingerprint density at radius 3 is 2.04 bits per heavy atom. The summed E-state index contributed by atoms with van der Waals surface area (Å²) in [7, 11) is 3.31. The fraction of sp³-hybridized carbons (Fsp3) is 0.550. The zero-order valence-electron chi connectivity index (χ0n) is 15.3. The van der Waals surface area contributed by atoms with Gasteiger partial charge in [-0.2, -0.15) is 0 Å². The van der Waals surface area contributed by atoms with Crippen LogP contribution in [-0.2, 0) is 11.2 Å². The average Bonchev–Trinajstić information content (AvgIpc) is 2.59. The van der Waals surface area contributed by atoms with Gasteiger partial charge in [0.2, 0.25) is 5.91 Å². The SMILES string of the molecule is CCCCCCCCCc1c(OC)cc(C=CC(N)=O)cc1OC. The molecule has 0 atom stereocenters. The lowest BCUT2D eigenvalue weighted by Gasteiger charge is -2.14. The van der Waals surface area contributed by atoms with E-state index in [1.54, 1.807) is 20.3 Å². The maximum atomic E-state index is 10.9. The summed E-state index contributed by atoms with van der Waals surface area (Å²) in [4.78, 5) is 10.9. The monoisotopic (exact) mass is 333 g/mol. The molecule has 0 fully saturated rings. The van der Waals surface area contributed by atoms with Gasteiger partial charge >= 0.3 is 0 Å². The number of carbonyl (C=O) groups is 1. The van der Waals surface area contributed by atoms with Crippen LogP contribution in [0.3, 0.4) is 0 Å². The van der Waals surface area contributed by atoms with Crippen LogP contribution in [0.1, 0.15) is 63.0 Å². The second kappa shape index (κ2) is 11.5. The van der Waals surface area contributed by atoms with Gasteiger partial charge in [-0.3, -0.25) is 4.79 Å². The molecule has 0 spiro atoms. The number of hydrogen-bond donors (Lipinski definition) is 1. The Hall–Kier alpha value is -1.97. The van der Waals surface area contributed by atoms with E-state index in [0.29, 0.717) is 0 Å². The van der Waals surface area contributed by atoms with E-state index in [0.717, 1.165) is 35.5 Å². The van der Waals surface area contributed by atoms with Crippen LogP contribution < -0.4 is 15.2 Å². The van der Waals surface area contributed by atoms with Gasteiger partial charge in [0, 0.05) is 11.6 Å². The van der Waals surface area contributed by atoms with Gasteiger partial charge in [-0.15, -0.1) is 0 Å². The van der Waals surface area contributed by atoms with Gasteiger partial charge in [0.1, 0.15) is 11.5 Å². The van der Waals surface area contributed by atoms with Crippen molar-refractivity contribution in [3.8, 4) is 11.5 Å². The van der Waals surface area contributed by atoms with E-state index >= 15 is 0 Å². The highest BCUT2D eigenvalue weighted by Gasteiger charge is 2.11. The first-order valence-electron chi connectivity index (χ1n) is 8.84. The molecule has 0 unspecified atom stereocenters. The molecule has 134 valence electrons. The molecule has 0 aliphatic rings. The summed E-state index contributed by atoms with van der Waals surface area (Å²) in [5.41, 5.74) is 7.07. The summed E-state index contributed by atoms with van der Waals surface area (Å²) >= 11 is 0. The molecular weight excluding hydrogens is 302 g/mol. The molecule has 0 saturated carbocycles. The zero-order chi connectivity index (χ0) is 17.8. The van der Waals surface area contributed by atoms with Gasteiger partial charge < -0.3 is 15.2 Å². The number of benzene rings is 1. The number of methoxy groups -OCH3 is 2. The highest BCUT2D eigenvalue weighted by atomic mass is 16.5. The van der Waals surface area contributed by atoms with Crippen molar-refractivity contribution in [2.45, 2.75) is 58.3 Å². The average molecular weight is 333 g/mol. The van der Waals surface area contributed by atoms with Crippen LogP contribution in [0.2, 0.25) is 0 Å². The Balaban J connectivity index is 2.69. The van der Waals surface area contributed by atoms with Crippen molar-refractivity contribution in [2.24, 2.45) is 5.73 Å². The van der Waals surface area contributed by atoms with E-state index in [-0.39, 0.29) is 0 Å². The van der Waals surface area contributed by atoms with Crippen molar-refractivity contribution in [1.82, 2.24) is 0 Å². The van der Waals surface area contributed by atoms with Crippen molar-refractivity contribution in [3.05, 3.63) is 29.3 Å². The second-order valence-electron chi connectivity index (χ2n) is 6.01. The number of carbonyl (C=O) groups excluding carboxylic acids is 1. The molecule has 0 saturated heterocycles. The predicted molar refractivity (Wildman–Crippen MR) is 99.5 cm³/mol. The van der Waals surface area contributed by atoms with Gasteiger partial charge in [0.15, 0.2) is 0 Å². The molecule has 1 aromatic rings. The third kappa shape index (κ3) is 7.07. The molecular formula is C20H31NO3. The third-order valence-electron chi connectivity index (χ3n) is 4.10. The summed E-state index contributed by atoms with van der Waals surface area (Å²) in [6.07, 6.45) is 12.8. The Morgan fingerprint density at radius 1 is 1.00 bits per heavy atom. The largest absolute Gasteiger partial charge is 0.496 e. The van der Waals surface area contributed by atoms with Gasteiger partial charge in [0.25, 0.3) is 0 Å². The van der Waals surface area contributed by atoms with Crippen molar-refractivity contribution in [3.63, 3.8) is 0 Å². The van der Waals surface area contributed by atoms with Crippen molar-refractivity contribution in [1.29, 1.82) is 0 Å². The Labute approximate surface area is 146 Å². The molecule has 1 aromatic carbocycles. The molecule has 0 heterocycles. The lowest BCUT2D eigenvalue weighted by atomic mass is 10.0. The number of nitrogens with two attached hydrogens (primary N) is 1. The lowest BCUT2D eigenvalue weighted by Crippen LogP contribution is -2.05.